The van der Waals surface area contributed by atoms with Crippen LogP contribution in [0, 0.1) is 0 Å². The Hall–Kier alpha value is -2.15. The number of nitrogens with two attached hydrogens (primary N) is 1. The van der Waals surface area contributed by atoms with Crippen LogP contribution in [0.1, 0.15) is 5.56 Å². The van der Waals surface area contributed by atoms with Gasteiger partial charge in [0, 0.05) is 17.2 Å². The standard InChI is InChI=1S/C16H15Cl2N6.ClH/c1-23-6-4-11(5-7-23)10-24-16(19)15(9-20-24)22-21-14-8-12(17)2-3-13(14)18;/h2-9H,10,19H2,1H3;1H/q+1;/p-1/b22-21+;. The zero-order chi connectivity index (χ0) is 17.1. The first-order valence-electron chi connectivity index (χ1n) is 7.15. The number of nitrogens with zero attached hydrogens (tertiary/aromatic N) is 5. The molecular weight excluding hydrogens is 383 g/mol. The molecule has 3 rings (SSSR count). The zero-order valence-electron chi connectivity index (χ0n) is 13.3. The molecule has 0 saturated heterocycles. The maximum Gasteiger partial charge on any atom is 0.168 e. The predicted molar refractivity (Wildman–Crippen MR) is 94.0 cm³/mol. The van der Waals surface area contributed by atoms with E-state index in [4.69, 9.17) is 28.9 Å². The summed E-state index contributed by atoms with van der Waals surface area (Å²) in [4.78, 5) is 0. The van der Waals surface area contributed by atoms with E-state index in [0.717, 1.165) is 5.56 Å². The van der Waals surface area contributed by atoms with E-state index in [9.17, 15) is 0 Å². The third-order valence-electron chi connectivity index (χ3n) is 3.41. The number of aromatic nitrogens is 3. The van der Waals surface area contributed by atoms with E-state index in [-0.39, 0.29) is 12.4 Å². The first-order valence-corrected chi connectivity index (χ1v) is 7.91. The fourth-order valence-corrected chi connectivity index (χ4v) is 2.39. The lowest BCUT2D eigenvalue weighted by molar-refractivity contribution is -0.671. The van der Waals surface area contributed by atoms with Gasteiger partial charge < -0.3 is 18.1 Å². The lowest BCUT2D eigenvalue weighted by Gasteiger charge is -2.03. The zero-order valence-corrected chi connectivity index (χ0v) is 15.5. The van der Waals surface area contributed by atoms with Crippen molar-refractivity contribution < 1.29 is 17.0 Å². The number of anilines is 1. The highest BCUT2D eigenvalue weighted by Crippen LogP contribution is 2.31. The van der Waals surface area contributed by atoms with Gasteiger partial charge in [-0.15, -0.1) is 10.2 Å². The van der Waals surface area contributed by atoms with Crippen molar-refractivity contribution in [3.05, 3.63) is 64.5 Å². The molecule has 2 N–H and O–H groups in total. The largest absolute Gasteiger partial charge is 1.00 e. The quantitative estimate of drug-likeness (QED) is 0.528. The van der Waals surface area contributed by atoms with E-state index < -0.39 is 0 Å². The number of pyridine rings is 1. The molecule has 0 spiro atoms. The number of azo groups is 1. The molecule has 9 heteroatoms. The van der Waals surface area contributed by atoms with Crippen LogP contribution in [0.4, 0.5) is 17.2 Å². The van der Waals surface area contributed by atoms with Crippen molar-refractivity contribution in [3.63, 3.8) is 0 Å². The summed E-state index contributed by atoms with van der Waals surface area (Å²) in [5, 5.41) is 13.5. The van der Waals surface area contributed by atoms with E-state index in [1.165, 1.54) is 0 Å². The van der Waals surface area contributed by atoms with Crippen LogP contribution in [0.5, 0.6) is 0 Å². The molecule has 0 aliphatic rings. The molecule has 0 saturated carbocycles. The maximum absolute atomic E-state index is 6.10. The van der Waals surface area contributed by atoms with Gasteiger partial charge in [-0.1, -0.05) is 23.2 Å². The second-order valence-corrected chi connectivity index (χ2v) is 6.08. The van der Waals surface area contributed by atoms with Gasteiger partial charge >= 0.3 is 0 Å². The second kappa shape index (κ2) is 8.29. The number of hydrogen-bond acceptors (Lipinski definition) is 4. The summed E-state index contributed by atoms with van der Waals surface area (Å²) in [6.45, 7) is 0.556. The molecule has 0 bridgehead atoms. The van der Waals surface area contributed by atoms with E-state index in [1.54, 1.807) is 29.1 Å². The highest BCUT2D eigenvalue weighted by molar-refractivity contribution is 6.35. The summed E-state index contributed by atoms with van der Waals surface area (Å²) in [6.07, 6.45) is 5.51. The second-order valence-electron chi connectivity index (χ2n) is 5.24. The minimum atomic E-state index is 0. The Bertz CT molecular complexity index is 889. The van der Waals surface area contributed by atoms with Gasteiger partial charge in [0.15, 0.2) is 12.4 Å². The molecule has 0 fully saturated rings. The summed E-state index contributed by atoms with van der Waals surface area (Å²) >= 11 is 12.0. The Labute approximate surface area is 161 Å². The van der Waals surface area contributed by atoms with Crippen LogP contribution in [-0.2, 0) is 13.6 Å². The lowest BCUT2D eigenvalue weighted by atomic mass is 10.3. The van der Waals surface area contributed by atoms with E-state index in [0.29, 0.717) is 33.8 Å². The van der Waals surface area contributed by atoms with Gasteiger partial charge in [0.1, 0.15) is 24.2 Å². The van der Waals surface area contributed by atoms with Gasteiger partial charge in [-0.3, -0.25) is 0 Å². The molecule has 0 radical (unpaired) electrons. The highest BCUT2D eigenvalue weighted by atomic mass is 35.5. The normalized spacial score (nSPS) is 10.8. The molecule has 0 aliphatic heterocycles. The van der Waals surface area contributed by atoms with Gasteiger partial charge in [0.25, 0.3) is 0 Å². The molecule has 6 nitrogen and oxygen atoms in total. The van der Waals surface area contributed by atoms with Crippen LogP contribution >= 0.6 is 23.2 Å². The average molecular weight is 398 g/mol. The third-order valence-corrected chi connectivity index (χ3v) is 3.97. The monoisotopic (exact) mass is 396 g/mol. The van der Waals surface area contributed by atoms with Crippen molar-refractivity contribution in [2.24, 2.45) is 17.3 Å². The first-order chi connectivity index (χ1) is 11.5. The number of rotatable bonds is 4. The van der Waals surface area contributed by atoms with Crippen molar-refractivity contribution in [1.29, 1.82) is 0 Å². The summed E-state index contributed by atoms with van der Waals surface area (Å²) in [7, 11) is 1.96. The average Bonchev–Trinajstić information content (AvgIpc) is 2.91. The lowest BCUT2D eigenvalue weighted by Crippen LogP contribution is -3.00. The van der Waals surface area contributed by atoms with Crippen molar-refractivity contribution in [2.75, 3.05) is 5.73 Å². The summed E-state index contributed by atoms with van der Waals surface area (Å²) in [5.74, 6) is 0.435. The van der Waals surface area contributed by atoms with Crippen molar-refractivity contribution in [1.82, 2.24) is 9.78 Å². The van der Waals surface area contributed by atoms with Crippen molar-refractivity contribution in [3.8, 4) is 0 Å². The number of nitrogen functional groups attached to an aromatic ring is 1. The van der Waals surface area contributed by atoms with Crippen LogP contribution in [-0.4, -0.2) is 9.78 Å². The molecule has 130 valence electrons. The molecule has 0 unspecified atom stereocenters. The molecule has 2 aromatic heterocycles. The summed E-state index contributed by atoms with van der Waals surface area (Å²) < 4.78 is 3.63. The Morgan fingerprint density at radius 3 is 2.52 bits per heavy atom. The molecule has 2 heterocycles. The van der Waals surface area contributed by atoms with E-state index in [2.05, 4.69) is 15.3 Å². The van der Waals surface area contributed by atoms with Crippen LogP contribution in [0.15, 0.2) is 59.2 Å². The smallest absolute Gasteiger partial charge is 0.168 e. The Balaban J connectivity index is 0.00000225. The van der Waals surface area contributed by atoms with Crippen molar-refractivity contribution in [2.45, 2.75) is 6.54 Å². The molecule has 25 heavy (non-hydrogen) atoms. The number of halogens is 3. The fourth-order valence-electron chi connectivity index (χ4n) is 2.07. The minimum absolute atomic E-state index is 0. The van der Waals surface area contributed by atoms with E-state index >= 15 is 0 Å². The Kier molecular flexibility index (Phi) is 6.36. The fraction of sp³-hybridized carbons (Fsp3) is 0.125. The molecular formula is C16H15Cl3N6. The predicted octanol–water partition coefficient (Wildman–Crippen LogP) is 1.06. The Morgan fingerprint density at radius 1 is 1.12 bits per heavy atom. The van der Waals surface area contributed by atoms with Gasteiger partial charge in [-0.2, -0.15) is 5.10 Å². The highest BCUT2D eigenvalue weighted by Gasteiger charge is 2.08. The van der Waals surface area contributed by atoms with E-state index in [1.807, 2.05) is 36.1 Å². The molecule has 0 aliphatic carbocycles. The summed E-state index contributed by atoms with van der Waals surface area (Å²) in [6, 6.07) is 9.01. The minimum Gasteiger partial charge on any atom is -1.00 e. The molecule has 1 aromatic carbocycles. The van der Waals surface area contributed by atoms with Crippen LogP contribution in [0.2, 0.25) is 10.0 Å². The topological polar surface area (TPSA) is 72.4 Å². The third kappa shape index (κ3) is 4.69. The van der Waals surface area contributed by atoms with Gasteiger partial charge in [0.2, 0.25) is 0 Å². The number of hydrogen-bond donors (Lipinski definition) is 1. The van der Waals surface area contributed by atoms with Crippen molar-refractivity contribution >= 4 is 40.4 Å². The molecule has 0 atom stereocenters. The maximum atomic E-state index is 6.10. The van der Waals surface area contributed by atoms with Gasteiger partial charge in [-0.05, 0) is 23.8 Å². The van der Waals surface area contributed by atoms with Crippen LogP contribution < -0.4 is 22.7 Å². The number of aryl methyl sites for hydroxylation is 1. The molecule has 3 aromatic rings. The van der Waals surface area contributed by atoms with Gasteiger partial charge in [-0.25, -0.2) is 9.25 Å². The van der Waals surface area contributed by atoms with Gasteiger partial charge in [0.05, 0.1) is 17.8 Å². The van der Waals surface area contributed by atoms with Crippen LogP contribution in [0.25, 0.3) is 0 Å². The van der Waals surface area contributed by atoms with Crippen LogP contribution in [0.3, 0.4) is 0 Å². The first kappa shape index (κ1) is 19.2. The molecule has 0 amide bonds. The Morgan fingerprint density at radius 2 is 1.80 bits per heavy atom. The summed E-state index contributed by atoms with van der Waals surface area (Å²) in [5.41, 5.74) is 8.14. The SMILES string of the molecule is C[n+]1ccc(Cn2ncc(/N=N/c3cc(Cl)ccc3Cl)c2N)cc1.[Cl-]. The number of benzene rings is 1.